The minimum absolute atomic E-state index is 0.0361. The molecule has 0 spiro atoms. The van der Waals surface area contributed by atoms with Crippen molar-refractivity contribution < 1.29 is 14.3 Å². The standard InChI is InChI=1S/C16H20FN3O2/c17-15-5-4-12(10-18)9-13(15)11-19-16(22)20-7-2-1-3-14(20)6-8-21/h4-5,9,14,21H,1-3,6-8,11H2,(H,19,22). The highest BCUT2D eigenvalue weighted by Gasteiger charge is 2.26. The van der Waals surface area contributed by atoms with Crippen molar-refractivity contribution in [1.29, 1.82) is 5.26 Å². The highest BCUT2D eigenvalue weighted by Crippen LogP contribution is 2.19. The first kappa shape index (κ1) is 16.2. The Hall–Kier alpha value is -2.13. The normalized spacial score (nSPS) is 17.9. The van der Waals surface area contributed by atoms with E-state index in [9.17, 15) is 9.18 Å². The summed E-state index contributed by atoms with van der Waals surface area (Å²) in [5.41, 5.74) is 0.657. The molecule has 2 amide bonds. The summed E-state index contributed by atoms with van der Waals surface area (Å²) in [6, 6.07) is 5.82. The molecule has 5 nitrogen and oxygen atoms in total. The molecule has 0 aromatic heterocycles. The number of hydrogen-bond donors (Lipinski definition) is 2. The van der Waals surface area contributed by atoms with Crippen LogP contribution in [0, 0.1) is 17.1 Å². The maximum absolute atomic E-state index is 13.7. The lowest BCUT2D eigenvalue weighted by molar-refractivity contribution is 0.131. The van der Waals surface area contributed by atoms with Crippen LogP contribution in [-0.2, 0) is 6.54 Å². The number of amides is 2. The Morgan fingerprint density at radius 1 is 1.50 bits per heavy atom. The molecular weight excluding hydrogens is 285 g/mol. The van der Waals surface area contributed by atoms with Gasteiger partial charge in [-0.25, -0.2) is 9.18 Å². The molecule has 0 saturated carbocycles. The Labute approximate surface area is 129 Å². The molecule has 1 aromatic rings. The van der Waals surface area contributed by atoms with Crippen molar-refractivity contribution in [3.63, 3.8) is 0 Å². The third kappa shape index (κ3) is 3.95. The van der Waals surface area contributed by atoms with Gasteiger partial charge in [-0.05, 0) is 43.9 Å². The van der Waals surface area contributed by atoms with E-state index in [0.717, 1.165) is 19.3 Å². The van der Waals surface area contributed by atoms with E-state index in [1.807, 2.05) is 6.07 Å². The van der Waals surface area contributed by atoms with Crippen LogP contribution in [0.1, 0.15) is 36.8 Å². The van der Waals surface area contributed by atoms with Gasteiger partial charge in [0.1, 0.15) is 5.82 Å². The van der Waals surface area contributed by atoms with Gasteiger partial charge in [0.25, 0.3) is 0 Å². The van der Waals surface area contributed by atoms with Gasteiger partial charge < -0.3 is 15.3 Å². The lowest BCUT2D eigenvalue weighted by atomic mass is 10.0. The molecule has 0 aliphatic carbocycles. The maximum atomic E-state index is 13.7. The Kier molecular flexibility index (Phi) is 5.73. The number of nitrogens with zero attached hydrogens (tertiary/aromatic N) is 2. The Morgan fingerprint density at radius 3 is 3.05 bits per heavy atom. The zero-order chi connectivity index (χ0) is 15.9. The van der Waals surface area contributed by atoms with Gasteiger partial charge in [-0.1, -0.05) is 0 Å². The number of aliphatic hydroxyl groups is 1. The fraction of sp³-hybridized carbons (Fsp3) is 0.500. The molecule has 1 aromatic carbocycles. The predicted molar refractivity (Wildman–Crippen MR) is 79.4 cm³/mol. The molecule has 2 N–H and O–H groups in total. The van der Waals surface area contributed by atoms with Crippen LogP contribution >= 0.6 is 0 Å². The van der Waals surface area contributed by atoms with Crippen LogP contribution in [0.4, 0.5) is 9.18 Å². The van der Waals surface area contributed by atoms with E-state index in [-0.39, 0.29) is 25.2 Å². The van der Waals surface area contributed by atoms with Gasteiger partial charge in [0.05, 0.1) is 11.6 Å². The third-order valence-electron chi connectivity index (χ3n) is 3.96. The van der Waals surface area contributed by atoms with Crippen molar-refractivity contribution in [3.05, 3.63) is 35.1 Å². The number of aliphatic hydroxyl groups excluding tert-OH is 1. The van der Waals surface area contributed by atoms with Crippen LogP contribution in [0.15, 0.2) is 18.2 Å². The Bertz CT molecular complexity index is 569. The molecule has 1 saturated heterocycles. The highest BCUT2D eigenvalue weighted by molar-refractivity contribution is 5.74. The Morgan fingerprint density at radius 2 is 2.32 bits per heavy atom. The number of carbonyl (C=O) groups excluding carboxylic acids is 1. The van der Waals surface area contributed by atoms with Gasteiger partial charge in [-0.3, -0.25) is 0 Å². The molecule has 1 heterocycles. The molecule has 6 heteroatoms. The third-order valence-corrected chi connectivity index (χ3v) is 3.96. The molecule has 0 bridgehead atoms. The zero-order valence-electron chi connectivity index (χ0n) is 12.4. The number of piperidine rings is 1. The lowest BCUT2D eigenvalue weighted by Crippen LogP contribution is -2.48. The predicted octanol–water partition coefficient (Wildman–Crippen LogP) is 2.14. The molecular formula is C16H20FN3O2. The van der Waals surface area contributed by atoms with Crippen molar-refractivity contribution in [1.82, 2.24) is 10.2 Å². The van der Waals surface area contributed by atoms with E-state index in [0.29, 0.717) is 24.1 Å². The fourth-order valence-corrected chi connectivity index (χ4v) is 2.77. The van der Waals surface area contributed by atoms with Crippen LogP contribution in [0.5, 0.6) is 0 Å². The van der Waals surface area contributed by atoms with Crippen molar-refractivity contribution in [2.24, 2.45) is 0 Å². The molecule has 2 rings (SSSR count). The number of nitrogens with one attached hydrogen (secondary N) is 1. The molecule has 0 radical (unpaired) electrons. The average Bonchev–Trinajstić information content (AvgIpc) is 2.54. The summed E-state index contributed by atoms with van der Waals surface area (Å²) in [5, 5.41) is 20.6. The van der Waals surface area contributed by atoms with Crippen LogP contribution in [-0.4, -0.2) is 35.2 Å². The second-order valence-electron chi connectivity index (χ2n) is 5.43. The second kappa shape index (κ2) is 7.76. The molecule has 1 aliphatic heterocycles. The number of nitriles is 1. The molecule has 1 unspecified atom stereocenters. The van der Waals surface area contributed by atoms with Crippen LogP contribution in [0.25, 0.3) is 0 Å². The van der Waals surface area contributed by atoms with Crippen LogP contribution in [0.3, 0.4) is 0 Å². The molecule has 22 heavy (non-hydrogen) atoms. The zero-order valence-corrected chi connectivity index (χ0v) is 12.4. The van der Waals surface area contributed by atoms with Gasteiger partial charge in [0.15, 0.2) is 0 Å². The molecule has 1 aliphatic rings. The Balaban J connectivity index is 1.98. The van der Waals surface area contributed by atoms with Crippen molar-refractivity contribution >= 4 is 6.03 Å². The number of rotatable bonds is 4. The number of benzene rings is 1. The first-order valence-corrected chi connectivity index (χ1v) is 7.49. The van der Waals surface area contributed by atoms with Gasteiger partial charge >= 0.3 is 6.03 Å². The van der Waals surface area contributed by atoms with Gasteiger partial charge in [-0.15, -0.1) is 0 Å². The first-order chi connectivity index (χ1) is 10.7. The summed E-state index contributed by atoms with van der Waals surface area (Å²) >= 11 is 0. The van der Waals surface area contributed by atoms with Crippen LogP contribution in [0.2, 0.25) is 0 Å². The number of urea groups is 1. The van der Waals surface area contributed by atoms with E-state index < -0.39 is 5.82 Å². The van der Waals surface area contributed by atoms with E-state index >= 15 is 0 Å². The topological polar surface area (TPSA) is 76.4 Å². The monoisotopic (exact) mass is 305 g/mol. The van der Waals surface area contributed by atoms with Gasteiger partial charge in [0, 0.05) is 31.3 Å². The molecule has 1 fully saturated rings. The second-order valence-corrected chi connectivity index (χ2v) is 5.43. The molecule has 118 valence electrons. The van der Waals surface area contributed by atoms with Crippen molar-refractivity contribution in [2.45, 2.75) is 38.3 Å². The summed E-state index contributed by atoms with van der Waals surface area (Å²) in [6.07, 6.45) is 3.43. The van der Waals surface area contributed by atoms with Crippen LogP contribution < -0.4 is 5.32 Å². The average molecular weight is 305 g/mol. The maximum Gasteiger partial charge on any atom is 0.317 e. The summed E-state index contributed by atoms with van der Waals surface area (Å²) in [5.74, 6) is -0.440. The number of likely N-dealkylation sites (tertiary alicyclic amines) is 1. The quantitative estimate of drug-likeness (QED) is 0.895. The minimum Gasteiger partial charge on any atom is -0.396 e. The van der Waals surface area contributed by atoms with E-state index in [1.165, 1.54) is 18.2 Å². The van der Waals surface area contributed by atoms with Gasteiger partial charge in [0.2, 0.25) is 0 Å². The highest BCUT2D eigenvalue weighted by atomic mass is 19.1. The summed E-state index contributed by atoms with van der Waals surface area (Å²) in [7, 11) is 0. The first-order valence-electron chi connectivity index (χ1n) is 7.49. The number of carbonyl (C=O) groups is 1. The summed E-state index contributed by atoms with van der Waals surface area (Å²) in [4.78, 5) is 14.0. The van der Waals surface area contributed by atoms with Crippen molar-refractivity contribution in [2.75, 3.05) is 13.2 Å². The lowest BCUT2D eigenvalue weighted by Gasteiger charge is -2.35. The van der Waals surface area contributed by atoms with E-state index in [4.69, 9.17) is 10.4 Å². The molecule has 1 atom stereocenters. The largest absolute Gasteiger partial charge is 0.396 e. The van der Waals surface area contributed by atoms with E-state index in [2.05, 4.69) is 5.32 Å². The summed E-state index contributed by atoms with van der Waals surface area (Å²) < 4.78 is 13.7. The number of halogens is 1. The number of hydrogen-bond acceptors (Lipinski definition) is 3. The SMILES string of the molecule is N#Cc1ccc(F)c(CNC(=O)N2CCCCC2CCO)c1. The minimum atomic E-state index is -0.440. The van der Waals surface area contributed by atoms with E-state index in [1.54, 1.807) is 4.90 Å². The fourth-order valence-electron chi connectivity index (χ4n) is 2.77. The van der Waals surface area contributed by atoms with Crippen molar-refractivity contribution in [3.8, 4) is 6.07 Å². The summed E-state index contributed by atoms with van der Waals surface area (Å²) in [6.45, 7) is 0.743. The smallest absolute Gasteiger partial charge is 0.317 e. The van der Waals surface area contributed by atoms with Gasteiger partial charge in [-0.2, -0.15) is 5.26 Å².